The van der Waals surface area contributed by atoms with Crippen LogP contribution in [-0.4, -0.2) is 26.7 Å². The van der Waals surface area contributed by atoms with Gasteiger partial charge in [0.05, 0.1) is 30.4 Å². The van der Waals surface area contributed by atoms with Crippen molar-refractivity contribution in [2.24, 2.45) is 5.29 Å². The van der Waals surface area contributed by atoms with Crippen molar-refractivity contribution in [1.29, 1.82) is 0 Å². The molecule has 2 aromatic carbocycles. The zero-order valence-electron chi connectivity index (χ0n) is 14.9. The Morgan fingerprint density at radius 3 is 2.63 bits per heavy atom. The standard InChI is InChI=1S/C18H20ClF2N3O3/c1-3-27-17-8-12(4-7-16(17)26-2)10-22-14-6-5-13(19)9-15(14)24(23-25)11-18(20)21/h4-9,18,22H,3,10-11H2,1-2H3. The highest BCUT2D eigenvalue weighted by atomic mass is 35.5. The fourth-order valence-corrected chi connectivity index (χ4v) is 2.64. The summed E-state index contributed by atoms with van der Waals surface area (Å²) in [5, 5.41) is 6.78. The second kappa shape index (κ2) is 9.91. The van der Waals surface area contributed by atoms with Gasteiger partial charge in [-0.05, 0) is 42.8 Å². The molecule has 0 radical (unpaired) electrons. The molecule has 0 amide bonds. The highest BCUT2D eigenvalue weighted by molar-refractivity contribution is 6.31. The Labute approximate surface area is 161 Å². The summed E-state index contributed by atoms with van der Waals surface area (Å²) in [4.78, 5) is 11.0. The number of nitroso groups, excluding NO2 is 1. The van der Waals surface area contributed by atoms with E-state index in [2.05, 4.69) is 10.6 Å². The first-order valence-electron chi connectivity index (χ1n) is 8.20. The lowest BCUT2D eigenvalue weighted by Gasteiger charge is -2.20. The van der Waals surface area contributed by atoms with Crippen molar-refractivity contribution >= 4 is 23.0 Å². The summed E-state index contributed by atoms with van der Waals surface area (Å²) >= 11 is 5.94. The van der Waals surface area contributed by atoms with Crippen molar-refractivity contribution in [3.8, 4) is 11.5 Å². The van der Waals surface area contributed by atoms with Gasteiger partial charge < -0.3 is 14.8 Å². The quantitative estimate of drug-likeness (QED) is 0.444. The average molecular weight is 400 g/mol. The minimum absolute atomic E-state index is 0.177. The van der Waals surface area contributed by atoms with Crippen molar-refractivity contribution in [2.45, 2.75) is 19.9 Å². The SMILES string of the molecule is CCOc1cc(CNc2ccc(Cl)cc2N(CC(F)F)N=O)ccc1OC. The lowest BCUT2D eigenvalue weighted by Crippen LogP contribution is -2.23. The van der Waals surface area contributed by atoms with E-state index in [4.69, 9.17) is 21.1 Å². The number of ether oxygens (including phenoxy) is 2. The van der Waals surface area contributed by atoms with Gasteiger partial charge in [-0.3, -0.25) is 0 Å². The third-order valence-electron chi connectivity index (χ3n) is 3.66. The van der Waals surface area contributed by atoms with Gasteiger partial charge in [0.15, 0.2) is 11.5 Å². The van der Waals surface area contributed by atoms with E-state index in [0.29, 0.717) is 40.4 Å². The first kappa shape index (κ1) is 20.7. The van der Waals surface area contributed by atoms with Gasteiger partial charge in [-0.15, -0.1) is 4.91 Å². The van der Waals surface area contributed by atoms with Crippen LogP contribution in [0.2, 0.25) is 5.02 Å². The Kier molecular flexibility index (Phi) is 7.60. The van der Waals surface area contributed by atoms with Gasteiger partial charge in [-0.1, -0.05) is 17.7 Å². The minimum Gasteiger partial charge on any atom is -0.493 e. The highest BCUT2D eigenvalue weighted by Gasteiger charge is 2.17. The summed E-state index contributed by atoms with van der Waals surface area (Å²) in [6.07, 6.45) is -2.72. The Morgan fingerprint density at radius 2 is 2.00 bits per heavy atom. The van der Waals surface area contributed by atoms with Crippen LogP contribution >= 0.6 is 11.6 Å². The van der Waals surface area contributed by atoms with Gasteiger partial charge in [-0.2, -0.15) is 0 Å². The molecule has 0 spiro atoms. The topological polar surface area (TPSA) is 63.2 Å². The fraction of sp³-hybridized carbons (Fsp3) is 0.333. The molecule has 0 bridgehead atoms. The monoisotopic (exact) mass is 399 g/mol. The number of anilines is 2. The molecule has 0 unspecified atom stereocenters. The number of rotatable bonds is 10. The van der Waals surface area contributed by atoms with E-state index in [0.717, 1.165) is 5.56 Å². The molecule has 6 nitrogen and oxygen atoms in total. The van der Waals surface area contributed by atoms with Crippen molar-refractivity contribution in [2.75, 3.05) is 30.6 Å². The molecule has 0 atom stereocenters. The van der Waals surface area contributed by atoms with Crippen molar-refractivity contribution in [3.05, 3.63) is 51.9 Å². The normalized spacial score (nSPS) is 10.6. The second-order valence-electron chi connectivity index (χ2n) is 5.49. The Balaban J connectivity index is 2.22. The molecule has 0 heterocycles. The molecule has 0 aliphatic heterocycles. The minimum atomic E-state index is -2.72. The maximum atomic E-state index is 12.7. The summed E-state index contributed by atoms with van der Waals surface area (Å²) in [5.41, 5.74) is 1.50. The molecule has 0 aliphatic carbocycles. The molecule has 1 N–H and O–H groups in total. The number of methoxy groups -OCH3 is 1. The molecular formula is C18H20ClF2N3O3. The fourth-order valence-electron chi connectivity index (χ4n) is 2.47. The van der Waals surface area contributed by atoms with Crippen molar-refractivity contribution in [3.63, 3.8) is 0 Å². The van der Waals surface area contributed by atoms with E-state index in [1.807, 2.05) is 19.1 Å². The predicted octanol–water partition coefficient (Wildman–Crippen LogP) is 5.11. The van der Waals surface area contributed by atoms with E-state index in [1.54, 1.807) is 25.3 Å². The number of hydrogen-bond acceptors (Lipinski definition) is 5. The molecule has 2 aromatic rings. The van der Waals surface area contributed by atoms with Crippen LogP contribution in [0.1, 0.15) is 12.5 Å². The Hall–Kier alpha value is -2.61. The summed E-state index contributed by atoms with van der Waals surface area (Å²) in [7, 11) is 1.56. The van der Waals surface area contributed by atoms with Gasteiger partial charge in [0.2, 0.25) is 0 Å². The van der Waals surface area contributed by atoms with Crippen LogP contribution in [0.5, 0.6) is 11.5 Å². The van der Waals surface area contributed by atoms with E-state index in [1.165, 1.54) is 6.07 Å². The molecular weight excluding hydrogens is 380 g/mol. The van der Waals surface area contributed by atoms with Crippen LogP contribution in [0, 0.1) is 4.91 Å². The zero-order chi connectivity index (χ0) is 19.8. The summed E-state index contributed by atoms with van der Waals surface area (Å²) in [6, 6.07) is 10.1. The van der Waals surface area contributed by atoms with Gasteiger partial charge in [0.25, 0.3) is 6.43 Å². The molecule has 0 aliphatic rings. The zero-order valence-corrected chi connectivity index (χ0v) is 15.7. The molecule has 9 heteroatoms. The van der Waals surface area contributed by atoms with E-state index in [-0.39, 0.29) is 5.69 Å². The summed E-state index contributed by atoms with van der Waals surface area (Å²) < 4.78 is 36.2. The van der Waals surface area contributed by atoms with Gasteiger partial charge in [0.1, 0.15) is 6.54 Å². The molecule has 0 fully saturated rings. The summed E-state index contributed by atoms with van der Waals surface area (Å²) in [5.74, 6) is 1.21. The van der Waals surface area contributed by atoms with Crippen LogP contribution in [-0.2, 0) is 6.54 Å². The molecule has 0 aromatic heterocycles. The van der Waals surface area contributed by atoms with Crippen molar-refractivity contribution in [1.82, 2.24) is 0 Å². The first-order valence-corrected chi connectivity index (χ1v) is 8.58. The van der Waals surface area contributed by atoms with E-state index < -0.39 is 13.0 Å². The van der Waals surface area contributed by atoms with Crippen LogP contribution in [0.25, 0.3) is 0 Å². The van der Waals surface area contributed by atoms with Gasteiger partial charge in [0, 0.05) is 11.6 Å². The summed E-state index contributed by atoms with van der Waals surface area (Å²) in [6.45, 7) is 1.90. The highest BCUT2D eigenvalue weighted by Crippen LogP contribution is 2.32. The van der Waals surface area contributed by atoms with Gasteiger partial charge in [-0.25, -0.2) is 13.8 Å². The lowest BCUT2D eigenvalue weighted by molar-refractivity contribution is 0.155. The molecule has 0 saturated carbocycles. The smallest absolute Gasteiger partial charge is 0.258 e. The number of hydrogen-bond donors (Lipinski definition) is 1. The molecule has 2 rings (SSSR count). The average Bonchev–Trinajstić information content (AvgIpc) is 2.65. The first-order chi connectivity index (χ1) is 13.0. The molecule has 27 heavy (non-hydrogen) atoms. The van der Waals surface area contributed by atoms with E-state index >= 15 is 0 Å². The van der Waals surface area contributed by atoms with Crippen LogP contribution in [0.4, 0.5) is 20.2 Å². The van der Waals surface area contributed by atoms with Gasteiger partial charge >= 0.3 is 0 Å². The molecule has 0 saturated heterocycles. The van der Waals surface area contributed by atoms with Crippen LogP contribution in [0.15, 0.2) is 41.7 Å². The van der Waals surface area contributed by atoms with Crippen molar-refractivity contribution < 1.29 is 18.3 Å². The third kappa shape index (κ3) is 5.68. The Morgan fingerprint density at radius 1 is 1.22 bits per heavy atom. The largest absolute Gasteiger partial charge is 0.493 e. The van der Waals surface area contributed by atoms with Crippen LogP contribution < -0.4 is 19.8 Å². The molecule has 146 valence electrons. The maximum absolute atomic E-state index is 12.7. The number of halogens is 3. The lowest BCUT2D eigenvalue weighted by atomic mass is 10.2. The maximum Gasteiger partial charge on any atom is 0.258 e. The van der Waals surface area contributed by atoms with Crippen LogP contribution in [0.3, 0.4) is 0 Å². The number of benzene rings is 2. The second-order valence-corrected chi connectivity index (χ2v) is 5.92. The van der Waals surface area contributed by atoms with E-state index in [9.17, 15) is 13.7 Å². The number of nitrogens with one attached hydrogen (secondary N) is 1. The predicted molar refractivity (Wildman–Crippen MR) is 102 cm³/mol. The third-order valence-corrected chi connectivity index (χ3v) is 3.89. The number of nitrogens with zero attached hydrogens (tertiary/aromatic N) is 2. The Bertz CT molecular complexity index is 778. The number of alkyl halides is 2.